The predicted octanol–water partition coefficient (Wildman–Crippen LogP) is 3.54. The van der Waals surface area contributed by atoms with Crippen molar-refractivity contribution in [1.29, 1.82) is 0 Å². The van der Waals surface area contributed by atoms with Gasteiger partial charge in [-0.15, -0.1) is 0 Å². The van der Waals surface area contributed by atoms with Gasteiger partial charge in [-0.3, -0.25) is 4.99 Å². The van der Waals surface area contributed by atoms with E-state index in [2.05, 4.69) is 22.0 Å². The number of dihydropyridines is 1. The molecule has 116 valence electrons. The number of halogens is 2. The van der Waals surface area contributed by atoms with Crippen molar-refractivity contribution in [2.24, 2.45) is 4.99 Å². The number of hydrogen-bond acceptors (Lipinski definition) is 2. The second-order valence-electron chi connectivity index (χ2n) is 5.93. The summed E-state index contributed by atoms with van der Waals surface area (Å²) in [5.74, 6) is -0.914. The highest BCUT2D eigenvalue weighted by Crippen LogP contribution is 2.27. The van der Waals surface area contributed by atoms with Crippen molar-refractivity contribution in [3.8, 4) is 0 Å². The van der Waals surface area contributed by atoms with Crippen LogP contribution in [0, 0.1) is 11.6 Å². The molecule has 0 N–H and O–H groups in total. The fourth-order valence-electron chi connectivity index (χ4n) is 3.13. The number of likely N-dealkylation sites (N-methyl/N-ethyl adjacent to an activating group) is 1. The van der Waals surface area contributed by atoms with Crippen molar-refractivity contribution in [3.63, 3.8) is 0 Å². The topological polar surface area (TPSA) is 15.6 Å². The molecular formula is C18H20F2N2. The Labute approximate surface area is 129 Å². The third-order valence-corrected chi connectivity index (χ3v) is 4.55. The molecule has 2 unspecified atom stereocenters. The van der Waals surface area contributed by atoms with Gasteiger partial charge in [-0.2, -0.15) is 0 Å². The average molecular weight is 302 g/mol. The molecule has 3 rings (SSSR count). The van der Waals surface area contributed by atoms with Crippen LogP contribution in [0.2, 0.25) is 0 Å². The van der Waals surface area contributed by atoms with E-state index < -0.39 is 11.6 Å². The molecule has 0 amide bonds. The van der Waals surface area contributed by atoms with Gasteiger partial charge in [0.2, 0.25) is 0 Å². The van der Waals surface area contributed by atoms with Crippen molar-refractivity contribution in [2.45, 2.75) is 31.3 Å². The van der Waals surface area contributed by atoms with Gasteiger partial charge in [0.15, 0.2) is 0 Å². The van der Waals surface area contributed by atoms with E-state index in [1.807, 2.05) is 19.3 Å². The Morgan fingerprint density at radius 1 is 1.27 bits per heavy atom. The zero-order valence-electron chi connectivity index (χ0n) is 12.7. The molecule has 1 aliphatic heterocycles. The summed E-state index contributed by atoms with van der Waals surface area (Å²) in [6.45, 7) is 0.637. The standard InChI is InChI=1S/C18H20F2N2/c1-22(11-9-15-16(19)5-2-6-17(15)20)14-8-7-13-4-3-10-21-18(13)12-14/h2-7,10,14,18H,8-9,11-12H2,1H3. The molecule has 2 aliphatic rings. The molecule has 4 heteroatoms. The second kappa shape index (κ2) is 6.53. The Balaban J connectivity index is 1.61. The van der Waals surface area contributed by atoms with E-state index in [1.165, 1.54) is 23.8 Å². The SMILES string of the molecule is CN(CCc1c(F)cccc1F)C1CC=C2C=CC=NC2C1. The number of allylic oxidation sites excluding steroid dienone is 1. The Kier molecular flexibility index (Phi) is 4.48. The maximum absolute atomic E-state index is 13.7. The summed E-state index contributed by atoms with van der Waals surface area (Å²) in [6.07, 6.45) is 10.5. The minimum absolute atomic E-state index is 0.181. The Morgan fingerprint density at radius 2 is 2.05 bits per heavy atom. The predicted molar refractivity (Wildman–Crippen MR) is 85.2 cm³/mol. The van der Waals surface area contributed by atoms with Crippen LogP contribution in [0.1, 0.15) is 18.4 Å². The first kappa shape index (κ1) is 15.1. The van der Waals surface area contributed by atoms with E-state index in [1.54, 1.807) is 0 Å². The molecule has 0 radical (unpaired) electrons. The molecular weight excluding hydrogens is 282 g/mol. The molecule has 0 bridgehead atoms. The van der Waals surface area contributed by atoms with E-state index in [4.69, 9.17) is 0 Å². The molecule has 1 heterocycles. The van der Waals surface area contributed by atoms with Crippen molar-refractivity contribution in [1.82, 2.24) is 4.90 Å². The van der Waals surface area contributed by atoms with E-state index in [0.29, 0.717) is 19.0 Å². The fourth-order valence-corrected chi connectivity index (χ4v) is 3.13. The lowest BCUT2D eigenvalue weighted by Crippen LogP contribution is -2.38. The summed E-state index contributed by atoms with van der Waals surface area (Å²) in [5.41, 5.74) is 1.47. The van der Waals surface area contributed by atoms with Gasteiger partial charge in [-0.05, 0) is 50.1 Å². The maximum Gasteiger partial charge on any atom is 0.129 e. The monoisotopic (exact) mass is 302 g/mol. The van der Waals surface area contributed by atoms with Gasteiger partial charge in [0.05, 0.1) is 6.04 Å². The first-order valence-electron chi connectivity index (χ1n) is 7.68. The number of benzene rings is 1. The maximum atomic E-state index is 13.7. The molecule has 0 fully saturated rings. The van der Waals surface area contributed by atoms with E-state index >= 15 is 0 Å². The molecule has 0 spiro atoms. The van der Waals surface area contributed by atoms with Crippen LogP contribution < -0.4 is 0 Å². The van der Waals surface area contributed by atoms with Gasteiger partial charge in [0.1, 0.15) is 11.6 Å². The molecule has 0 saturated heterocycles. The lowest BCUT2D eigenvalue weighted by molar-refractivity contribution is 0.221. The Hall–Kier alpha value is -1.81. The van der Waals surface area contributed by atoms with E-state index in [9.17, 15) is 8.78 Å². The van der Waals surface area contributed by atoms with Crippen LogP contribution in [0.15, 0.2) is 47.0 Å². The quantitative estimate of drug-likeness (QED) is 0.830. The van der Waals surface area contributed by atoms with Crippen LogP contribution in [0.4, 0.5) is 8.78 Å². The van der Waals surface area contributed by atoms with Gasteiger partial charge < -0.3 is 4.90 Å². The van der Waals surface area contributed by atoms with Gasteiger partial charge in [-0.25, -0.2) is 8.78 Å². The summed E-state index contributed by atoms with van der Waals surface area (Å²) < 4.78 is 27.3. The van der Waals surface area contributed by atoms with Gasteiger partial charge in [0.25, 0.3) is 0 Å². The van der Waals surface area contributed by atoms with Crippen molar-refractivity contribution in [3.05, 3.63) is 59.2 Å². The lowest BCUT2D eigenvalue weighted by Gasteiger charge is -2.34. The van der Waals surface area contributed by atoms with Crippen LogP contribution in [0.25, 0.3) is 0 Å². The van der Waals surface area contributed by atoms with Crippen LogP contribution in [-0.2, 0) is 6.42 Å². The highest BCUT2D eigenvalue weighted by molar-refractivity contribution is 5.74. The molecule has 1 aromatic rings. The summed E-state index contributed by atoms with van der Waals surface area (Å²) >= 11 is 0. The minimum Gasteiger partial charge on any atom is -0.303 e. The van der Waals surface area contributed by atoms with Crippen LogP contribution in [0.3, 0.4) is 0 Å². The third kappa shape index (κ3) is 3.17. The van der Waals surface area contributed by atoms with Crippen molar-refractivity contribution >= 4 is 6.21 Å². The zero-order valence-corrected chi connectivity index (χ0v) is 12.7. The zero-order chi connectivity index (χ0) is 15.5. The number of hydrogen-bond donors (Lipinski definition) is 0. The number of aliphatic imine (C=N–C) groups is 1. The van der Waals surface area contributed by atoms with Gasteiger partial charge >= 0.3 is 0 Å². The Morgan fingerprint density at radius 3 is 2.82 bits per heavy atom. The molecule has 2 nitrogen and oxygen atoms in total. The summed E-state index contributed by atoms with van der Waals surface area (Å²) in [6, 6.07) is 4.64. The minimum atomic E-state index is -0.457. The molecule has 1 aliphatic carbocycles. The molecule has 22 heavy (non-hydrogen) atoms. The first-order valence-corrected chi connectivity index (χ1v) is 7.68. The molecule has 0 saturated carbocycles. The largest absolute Gasteiger partial charge is 0.303 e. The van der Waals surface area contributed by atoms with Gasteiger partial charge in [0, 0.05) is 24.4 Å². The first-order chi connectivity index (χ1) is 10.6. The molecule has 1 aromatic carbocycles. The Bertz CT molecular complexity index is 614. The van der Waals surface area contributed by atoms with Crippen LogP contribution in [0.5, 0.6) is 0 Å². The summed E-state index contributed by atoms with van der Waals surface area (Å²) in [7, 11) is 2.02. The molecule has 2 atom stereocenters. The van der Waals surface area contributed by atoms with Crippen LogP contribution in [-0.4, -0.2) is 36.8 Å². The third-order valence-electron chi connectivity index (χ3n) is 4.55. The molecule has 0 aromatic heterocycles. The number of rotatable bonds is 4. The van der Waals surface area contributed by atoms with E-state index in [0.717, 1.165) is 12.8 Å². The van der Waals surface area contributed by atoms with Crippen LogP contribution >= 0.6 is 0 Å². The fraction of sp³-hybridized carbons (Fsp3) is 0.389. The van der Waals surface area contributed by atoms with E-state index in [-0.39, 0.29) is 11.6 Å². The normalized spacial score (nSPS) is 23.5. The van der Waals surface area contributed by atoms with Crippen molar-refractivity contribution in [2.75, 3.05) is 13.6 Å². The smallest absolute Gasteiger partial charge is 0.129 e. The summed E-state index contributed by atoms with van der Waals surface area (Å²) in [4.78, 5) is 6.69. The van der Waals surface area contributed by atoms with Gasteiger partial charge in [-0.1, -0.05) is 18.2 Å². The number of fused-ring (bicyclic) bond motifs is 1. The lowest BCUT2D eigenvalue weighted by atomic mass is 9.88. The second-order valence-corrected chi connectivity index (χ2v) is 5.93. The van der Waals surface area contributed by atoms with Crippen molar-refractivity contribution < 1.29 is 8.78 Å². The highest BCUT2D eigenvalue weighted by atomic mass is 19.1. The average Bonchev–Trinajstić information content (AvgIpc) is 2.53. The number of nitrogens with zero attached hydrogens (tertiary/aromatic N) is 2. The highest BCUT2D eigenvalue weighted by Gasteiger charge is 2.26. The summed E-state index contributed by atoms with van der Waals surface area (Å²) in [5, 5.41) is 0.